The Bertz CT molecular complexity index is 197. The van der Waals surface area contributed by atoms with Crippen LogP contribution in [0, 0.1) is 6.92 Å². The van der Waals surface area contributed by atoms with Crippen LogP contribution >= 0.6 is 0 Å². The van der Waals surface area contributed by atoms with Crippen LogP contribution in [-0.4, -0.2) is 17.0 Å². The molecule has 0 aliphatic heterocycles. The van der Waals surface area contributed by atoms with E-state index in [4.69, 9.17) is 0 Å². The molecule has 0 aromatic carbocycles. The fraction of sp³-hybridized carbons (Fsp3) is 0.429. The smallest absolute Gasteiger partial charge is 0.0555 e. The molecule has 1 aromatic rings. The van der Waals surface area contributed by atoms with Crippen LogP contribution in [0.2, 0.25) is 0 Å². The van der Waals surface area contributed by atoms with Gasteiger partial charge in [-0.1, -0.05) is 0 Å². The molecule has 1 aromatic heterocycles. The van der Waals surface area contributed by atoms with E-state index in [0.717, 1.165) is 11.4 Å². The summed E-state index contributed by atoms with van der Waals surface area (Å²) in [7, 11) is 1.77. The number of hydrogen-bond donors (Lipinski definition) is 0. The Kier molecular flexibility index (Phi) is 5.25. The van der Waals surface area contributed by atoms with Crippen molar-refractivity contribution in [2.75, 3.05) is 7.05 Å². The van der Waals surface area contributed by atoms with Crippen molar-refractivity contribution in [2.45, 2.75) is 13.5 Å². The van der Waals surface area contributed by atoms with Crippen molar-refractivity contribution in [3.8, 4) is 0 Å². The van der Waals surface area contributed by atoms with Crippen molar-refractivity contribution in [1.82, 2.24) is 9.97 Å². The first-order valence-electron chi connectivity index (χ1n) is 3.16. The van der Waals surface area contributed by atoms with Crippen molar-refractivity contribution in [3.63, 3.8) is 0 Å². The zero-order valence-corrected chi connectivity index (χ0v) is 9.55. The maximum atomic E-state index is 4.11. The van der Waals surface area contributed by atoms with Gasteiger partial charge < -0.3 is 5.32 Å². The summed E-state index contributed by atoms with van der Waals surface area (Å²) in [6.07, 6.45) is 3.50. The fourth-order valence-corrected chi connectivity index (χ4v) is 0.663. The van der Waals surface area contributed by atoms with Gasteiger partial charge in [-0.15, -0.1) is 6.54 Å². The quantitative estimate of drug-likeness (QED) is 0.824. The molecule has 0 amide bonds. The molecule has 0 spiro atoms. The van der Waals surface area contributed by atoms with E-state index in [0.29, 0.717) is 6.54 Å². The van der Waals surface area contributed by atoms with E-state index in [9.17, 15) is 0 Å². The third-order valence-electron chi connectivity index (χ3n) is 1.15. The number of rotatable bonds is 2. The van der Waals surface area contributed by atoms with Gasteiger partial charge in [-0.2, -0.15) is 7.05 Å². The topological polar surface area (TPSA) is 39.9 Å². The first-order chi connectivity index (χ1) is 4.83. The van der Waals surface area contributed by atoms with Gasteiger partial charge in [-0.05, 0) is 6.92 Å². The van der Waals surface area contributed by atoms with Gasteiger partial charge in [0.1, 0.15) is 0 Å². The van der Waals surface area contributed by atoms with Gasteiger partial charge in [0.25, 0.3) is 0 Å². The molecule has 0 saturated carbocycles. The largest absolute Gasteiger partial charge is 0.660 e. The van der Waals surface area contributed by atoms with E-state index in [1.54, 1.807) is 19.4 Å². The van der Waals surface area contributed by atoms with Crippen LogP contribution in [0.25, 0.3) is 5.32 Å². The second kappa shape index (κ2) is 5.39. The third kappa shape index (κ3) is 3.59. The molecule has 0 fully saturated rings. The molecule has 0 unspecified atom stereocenters. The molecule has 0 saturated heterocycles. The third-order valence-corrected chi connectivity index (χ3v) is 1.15. The minimum absolute atomic E-state index is 0. The summed E-state index contributed by atoms with van der Waals surface area (Å²) in [4.78, 5) is 8.19. The average Bonchev–Trinajstić information content (AvgIpc) is 1.95. The molecule has 11 heavy (non-hydrogen) atoms. The Morgan fingerprint density at radius 2 is 2.09 bits per heavy atom. The van der Waals surface area contributed by atoms with Gasteiger partial charge in [0, 0.05) is 39.2 Å². The molecule has 1 rings (SSSR count). The predicted octanol–water partition coefficient (Wildman–Crippen LogP) is 1.29. The van der Waals surface area contributed by atoms with E-state index >= 15 is 0 Å². The normalized spacial score (nSPS) is 8.91. The van der Waals surface area contributed by atoms with Crippen molar-refractivity contribution in [3.05, 3.63) is 29.1 Å². The maximum Gasteiger partial charge on any atom is 0.0555 e. The van der Waals surface area contributed by atoms with Crippen LogP contribution in [0.15, 0.2) is 12.4 Å². The Balaban J connectivity index is 0.000001000. The molecule has 0 N–H and O–H groups in total. The van der Waals surface area contributed by atoms with Crippen molar-refractivity contribution in [1.29, 1.82) is 0 Å². The summed E-state index contributed by atoms with van der Waals surface area (Å²) < 4.78 is 0. The molecule has 0 atom stereocenters. The second-order valence-corrected chi connectivity index (χ2v) is 2.12. The summed E-state index contributed by atoms with van der Waals surface area (Å²) in [6, 6.07) is 0. The van der Waals surface area contributed by atoms with Gasteiger partial charge in [0.15, 0.2) is 0 Å². The molecule has 1 heterocycles. The van der Waals surface area contributed by atoms with E-state index in [2.05, 4.69) is 15.3 Å². The molecular formula is C7H10N3W-. The molecule has 0 aliphatic rings. The van der Waals surface area contributed by atoms with Gasteiger partial charge in [0.05, 0.1) is 5.69 Å². The first kappa shape index (κ1) is 10.7. The second-order valence-electron chi connectivity index (χ2n) is 2.12. The van der Waals surface area contributed by atoms with Crippen LogP contribution in [0.1, 0.15) is 11.4 Å². The summed E-state index contributed by atoms with van der Waals surface area (Å²) in [6.45, 7) is 2.58. The summed E-state index contributed by atoms with van der Waals surface area (Å²) >= 11 is 0. The number of aryl methyl sites for hydroxylation is 1. The molecule has 3 nitrogen and oxygen atoms in total. The summed E-state index contributed by atoms with van der Waals surface area (Å²) in [5.74, 6) is 0. The van der Waals surface area contributed by atoms with Crippen LogP contribution in [0.3, 0.4) is 0 Å². The predicted molar refractivity (Wildman–Crippen MR) is 39.8 cm³/mol. The molecule has 4 heteroatoms. The van der Waals surface area contributed by atoms with Crippen LogP contribution in [0.4, 0.5) is 0 Å². The van der Waals surface area contributed by atoms with Gasteiger partial charge in [0.2, 0.25) is 0 Å². The van der Waals surface area contributed by atoms with E-state index in [-0.39, 0.29) is 21.1 Å². The van der Waals surface area contributed by atoms with Crippen LogP contribution in [-0.2, 0) is 27.6 Å². The molecular weight excluding hydrogens is 310 g/mol. The number of hydrogen-bond acceptors (Lipinski definition) is 2. The van der Waals surface area contributed by atoms with Crippen LogP contribution < -0.4 is 0 Å². The van der Waals surface area contributed by atoms with E-state index in [1.165, 1.54) is 0 Å². The Morgan fingerprint density at radius 3 is 2.55 bits per heavy atom. The minimum atomic E-state index is 0. The maximum absolute atomic E-state index is 4.11. The first-order valence-corrected chi connectivity index (χ1v) is 3.16. The summed E-state index contributed by atoms with van der Waals surface area (Å²) in [5, 5.41) is 3.93. The van der Waals surface area contributed by atoms with Crippen LogP contribution in [0.5, 0.6) is 0 Å². The van der Waals surface area contributed by atoms with Gasteiger partial charge >= 0.3 is 0 Å². The minimum Gasteiger partial charge on any atom is -0.660 e. The van der Waals surface area contributed by atoms with Gasteiger partial charge in [-0.25, -0.2) is 0 Å². The molecule has 0 bridgehead atoms. The number of nitrogens with zero attached hydrogens (tertiary/aromatic N) is 3. The monoisotopic (exact) mass is 320 g/mol. The molecule has 0 radical (unpaired) electrons. The SMILES string of the molecule is C[N-]Cc1cnc(C)cn1.[W]. The standard InChI is InChI=1S/C7H10N3.W/c1-6-3-10-7(4-8-2)5-9-6;/h3,5H,4H2,1-2H3;/q-1;. The number of aromatic nitrogens is 2. The van der Waals surface area contributed by atoms with Crippen molar-refractivity contribution in [2.24, 2.45) is 0 Å². The Labute approximate surface area is 80.9 Å². The zero-order valence-electron chi connectivity index (χ0n) is 6.61. The fourth-order valence-electron chi connectivity index (χ4n) is 0.663. The average molecular weight is 320 g/mol. The molecule has 0 aliphatic carbocycles. The van der Waals surface area contributed by atoms with Gasteiger partial charge in [-0.3, -0.25) is 9.97 Å². The Hall–Kier alpha value is -0.272. The van der Waals surface area contributed by atoms with E-state index in [1.807, 2.05) is 6.92 Å². The summed E-state index contributed by atoms with van der Waals surface area (Å²) in [5.41, 5.74) is 1.87. The molecule has 60 valence electrons. The Morgan fingerprint density at radius 1 is 1.36 bits per heavy atom. The van der Waals surface area contributed by atoms with Crippen molar-refractivity contribution >= 4 is 0 Å². The van der Waals surface area contributed by atoms with E-state index < -0.39 is 0 Å². The van der Waals surface area contributed by atoms with Crippen molar-refractivity contribution < 1.29 is 21.1 Å². The zero-order chi connectivity index (χ0) is 7.40.